The van der Waals surface area contributed by atoms with Gasteiger partial charge in [0, 0.05) is 25.0 Å². The van der Waals surface area contributed by atoms with E-state index in [1.807, 2.05) is 0 Å². The van der Waals surface area contributed by atoms with Crippen molar-refractivity contribution in [2.45, 2.75) is 19.8 Å². The van der Waals surface area contributed by atoms with Gasteiger partial charge in [0.2, 0.25) is 0 Å². The number of hydrogen-bond donors (Lipinski definition) is 2. The third kappa shape index (κ3) is 3.06. The van der Waals surface area contributed by atoms with Crippen LogP contribution in [0, 0.1) is 11.2 Å². The number of fused-ring (bicyclic) bond motifs is 1. The van der Waals surface area contributed by atoms with Crippen molar-refractivity contribution in [2.75, 3.05) is 19.6 Å². The van der Waals surface area contributed by atoms with E-state index in [2.05, 4.69) is 27.5 Å². The van der Waals surface area contributed by atoms with Crippen LogP contribution in [0.15, 0.2) is 24.5 Å². The van der Waals surface area contributed by atoms with Crippen LogP contribution in [0.3, 0.4) is 0 Å². The SMILES string of the molecule is CC1(CNC(=O)c2cc(F)cc3nccnc23)CCNCC1. The molecular formula is C16H19FN4O. The molecule has 1 aromatic carbocycles. The van der Waals surface area contributed by atoms with Crippen LogP contribution in [-0.4, -0.2) is 35.5 Å². The molecule has 5 nitrogen and oxygen atoms in total. The molecule has 2 heterocycles. The van der Waals surface area contributed by atoms with Crippen LogP contribution in [0.2, 0.25) is 0 Å². The van der Waals surface area contributed by atoms with Crippen molar-refractivity contribution in [1.82, 2.24) is 20.6 Å². The van der Waals surface area contributed by atoms with Crippen LogP contribution >= 0.6 is 0 Å². The van der Waals surface area contributed by atoms with Crippen LogP contribution < -0.4 is 10.6 Å². The molecule has 1 aliphatic rings. The lowest BCUT2D eigenvalue weighted by molar-refractivity contribution is 0.0923. The van der Waals surface area contributed by atoms with Gasteiger partial charge in [0.25, 0.3) is 5.91 Å². The van der Waals surface area contributed by atoms with Gasteiger partial charge in [0.1, 0.15) is 11.3 Å². The predicted molar refractivity (Wildman–Crippen MR) is 82.0 cm³/mol. The van der Waals surface area contributed by atoms with Crippen molar-refractivity contribution in [2.24, 2.45) is 5.41 Å². The number of benzene rings is 1. The highest BCUT2D eigenvalue weighted by atomic mass is 19.1. The maximum Gasteiger partial charge on any atom is 0.253 e. The smallest absolute Gasteiger partial charge is 0.253 e. The van der Waals surface area contributed by atoms with E-state index < -0.39 is 5.82 Å². The molecule has 1 amide bonds. The fraction of sp³-hybridized carbons (Fsp3) is 0.438. The zero-order valence-corrected chi connectivity index (χ0v) is 12.5. The number of carbonyl (C=O) groups is 1. The van der Waals surface area contributed by atoms with Gasteiger partial charge >= 0.3 is 0 Å². The molecule has 2 aromatic rings. The maximum absolute atomic E-state index is 13.7. The minimum atomic E-state index is -0.480. The summed E-state index contributed by atoms with van der Waals surface area (Å²) in [5.74, 6) is -0.781. The topological polar surface area (TPSA) is 66.9 Å². The summed E-state index contributed by atoms with van der Waals surface area (Å²) in [7, 11) is 0. The molecule has 6 heteroatoms. The molecule has 116 valence electrons. The first kappa shape index (κ1) is 14.8. The Morgan fingerprint density at radius 3 is 2.82 bits per heavy atom. The summed E-state index contributed by atoms with van der Waals surface area (Å²) >= 11 is 0. The van der Waals surface area contributed by atoms with Crippen LogP contribution in [0.5, 0.6) is 0 Å². The molecule has 0 aliphatic carbocycles. The van der Waals surface area contributed by atoms with Gasteiger partial charge in [-0.15, -0.1) is 0 Å². The summed E-state index contributed by atoms with van der Waals surface area (Å²) < 4.78 is 13.7. The van der Waals surface area contributed by atoms with Crippen molar-refractivity contribution in [3.63, 3.8) is 0 Å². The third-order valence-electron chi connectivity index (χ3n) is 4.27. The van der Waals surface area contributed by atoms with Gasteiger partial charge in [0.05, 0.1) is 11.1 Å². The summed E-state index contributed by atoms with van der Waals surface area (Å²) in [5, 5.41) is 6.24. The first-order chi connectivity index (χ1) is 10.6. The van der Waals surface area contributed by atoms with Gasteiger partial charge in [-0.2, -0.15) is 0 Å². The van der Waals surface area contributed by atoms with Crippen molar-refractivity contribution in [3.8, 4) is 0 Å². The van der Waals surface area contributed by atoms with E-state index in [4.69, 9.17) is 0 Å². The standard InChI is InChI=1S/C16H19FN4O/c1-16(2-4-18-5-3-16)10-21-15(22)12-8-11(17)9-13-14(12)20-7-6-19-13/h6-9,18H,2-5,10H2,1H3,(H,21,22). The summed E-state index contributed by atoms with van der Waals surface area (Å²) in [6.45, 7) is 4.66. The van der Waals surface area contributed by atoms with E-state index in [0.29, 0.717) is 17.6 Å². The maximum atomic E-state index is 13.7. The molecule has 0 bridgehead atoms. The fourth-order valence-electron chi connectivity index (χ4n) is 2.81. The molecule has 0 unspecified atom stereocenters. The number of aromatic nitrogens is 2. The molecule has 1 aromatic heterocycles. The lowest BCUT2D eigenvalue weighted by Gasteiger charge is -2.34. The lowest BCUT2D eigenvalue weighted by atomic mass is 9.81. The average Bonchev–Trinajstić information content (AvgIpc) is 2.52. The summed E-state index contributed by atoms with van der Waals surface area (Å²) in [5.41, 5.74) is 1.13. The largest absolute Gasteiger partial charge is 0.351 e. The highest BCUT2D eigenvalue weighted by Gasteiger charge is 2.27. The Kier molecular flexibility index (Phi) is 4.02. The summed E-state index contributed by atoms with van der Waals surface area (Å²) in [6, 6.07) is 2.50. The average molecular weight is 302 g/mol. The zero-order valence-electron chi connectivity index (χ0n) is 12.5. The number of carbonyl (C=O) groups excluding carboxylic acids is 1. The second-order valence-corrected chi connectivity index (χ2v) is 6.12. The second kappa shape index (κ2) is 5.96. The minimum Gasteiger partial charge on any atom is -0.351 e. The van der Waals surface area contributed by atoms with Gasteiger partial charge in [-0.1, -0.05) is 6.92 Å². The van der Waals surface area contributed by atoms with Gasteiger partial charge in [-0.05, 0) is 37.4 Å². The van der Waals surface area contributed by atoms with Crippen molar-refractivity contribution < 1.29 is 9.18 Å². The molecule has 1 aliphatic heterocycles. The number of nitrogens with one attached hydrogen (secondary N) is 2. The van der Waals surface area contributed by atoms with Crippen molar-refractivity contribution in [3.05, 3.63) is 35.9 Å². The van der Waals surface area contributed by atoms with Gasteiger partial charge < -0.3 is 10.6 Å². The number of hydrogen-bond acceptors (Lipinski definition) is 4. The first-order valence-corrected chi connectivity index (χ1v) is 7.47. The number of halogens is 1. The summed E-state index contributed by atoms with van der Waals surface area (Å²) in [6.07, 6.45) is 5.01. The number of rotatable bonds is 3. The zero-order chi connectivity index (χ0) is 15.6. The molecular weight excluding hydrogens is 283 g/mol. The molecule has 1 fully saturated rings. The highest BCUT2D eigenvalue weighted by Crippen LogP contribution is 2.27. The van der Waals surface area contributed by atoms with Crippen LogP contribution in [0.25, 0.3) is 11.0 Å². The number of nitrogens with zero attached hydrogens (tertiary/aromatic N) is 2. The quantitative estimate of drug-likeness (QED) is 0.908. The van der Waals surface area contributed by atoms with Crippen molar-refractivity contribution >= 4 is 16.9 Å². The normalized spacial score (nSPS) is 17.4. The second-order valence-electron chi connectivity index (χ2n) is 6.12. The van der Waals surface area contributed by atoms with Crippen LogP contribution in [0.1, 0.15) is 30.1 Å². The van der Waals surface area contributed by atoms with E-state index in [0.717, 1.165) is 25.9 Å². The fourth-order valence-corrected chi connectivity index (χ4v) is 2.81. The van der Waals surface area contributed by atoms with Crippen LogP contribution in [-0.2, 0) is 0 Å². The molecule has 0 atom stereocenters. The molecule has 1 saturated heterocycles. The van der Waals surface area contributed by atoms with Gasteiger partial charge in [-0.3, -0.25) is 14.8 Å². The summed E-state index contributed by atoms with van der Waals surface area (Å²) in [4.78, 5) is 20.6. The van der Waals surface area contributed by atoms with E-state index in [1.165, 1.54) is 24.5 Å². The molecule has 3 rings (SSSR count). The van der Waals surface area contributed by atoms with Crippen molar-refractivity contribution in [1.29, 1.82) is 0 Å². The van der Waals surface area contributed by atoms with Crippen LogP contribution in [0.4, 0.5) is 4.39 Å². The van der Waals surface area contributed by atoms with E-state index >= 15 is 0 Å². The Morgan fingerprint density at radius 1 is 1.32 bits per heavy atom. The molecule has 0 saturated carbocycles. The van der Waals surface area contributed by atoms with E-state index in [1.54, 1.807) is 0 Å². The van der Waals surface area contributed by atoms with E-state index in [9.17, 15) is 9.18 Å². The Bertz CT molecular complexity index is 698. The Morgan fingerprint density at radius 2 is 2.05 bits per heavy atom. The molecule has 0 radical (unpaired) electrons. The monoisotopic (exact) mass is 302 g/mol. The van der Waals surface area contributed by atoms with Gasteiger partial charge in [-0.25, -0.2) is 4.39 Å². The Hall–Kier alpha value is -2.08. The Balaban J connectivity index is 1.80. The molecule has 0 spiro atoms. The third-order valence-corrected chi connectivity index (χ3v) is 4.27. The lowest BCUT2D eigenvalue weighted by Crippen LogP contribution is -2.43. The first-order valence-electron chi connectivity index (χ1n) is 7.47. The molecule has 22 heavy (non-hydrogen) atoms. The number of amides is 1. The predicted octanol–water partition coefficient (Wildman–Crippen LogP) is 1.89. The Labute approximate surface area is 128 Å². The minimum absolute atomic E-state index is 0.0791. The highest BCUT2D eigenvalue weighted by molar-refractivity contribution is 6.04. The molecule has 2 N–H and O–H groups in total. The van der Waals surface area contributed by atoms with E-state index in [-0.39, 0.29) is 16.9 Å². The van der Waals surface area contributed by atoms with Gasteiger partial charge in [0.15, 0.2) is 0 Å². The number of piperidine rings is 1.